The van der Waals surface area contributed by atoms with Crippen molar-refractivity contribution in [2.24, 2.45) is 0 Å². The fourth-order valence-corrected chi connectivity index (χ4v) is 3.55. The number of hydrogen-bond donors (Lipinski definition) is 0. The molecule has 8 heteroatoms. The Morgan fingerprint density at radius 2 is 1.74 bits per heavy atom. The molecule has 0 unspecified atom stereocenters. The zero-order chi connectivity index (χ0) is 21.8. The van der Waals surface area contributed by atoms with Crippen LogP contribution in [0.5, 0.6) is 17.4 Å². The van der Waals surface area contributed by atoms with Crippen LogP contribution in [-0.2, 0) is 0 Å². The van der Waals surface area contributed by atoms with Gasteiger partial charge in [0.15, 0.2) is 0 Å². The van der Waals surface area contributed by atoms with Crippen LogP contribution in [0.15, 0.2) is 60.9 Å². The maximum Gasteiger partial charge on any atom is 0.254 e. The smallest absolute Gasteiger partial charge is 0.254 e. The Morgan fingerprint density at radius 1 is 1.03 bits per heavy atom. The molecule has 7 nitrogen and oxygen atoms in total. The van der Waals surface area contributed by atoms with Crippen LogP contribution < -0.4 is 14.4 Å². The highest BCUT2D eigenvalue weighted by Crippen LogP contribution is 2.25. The van der Waals surface area contributed by atoms with Crippen LogP contribution in [0.3, 0.4) is 0 Å². The first kappa shape index (κ1) is 20.6. The van der Waals surface area contributed by atoms with E-state index in [9.17, 15) is 9.18 Å². The number of ether oxygens (including phenoxy) is 2. The van der Waals surface area contributed by atoms with Crippen molar-refractivity contribution in [3.05, 3.63) is 72.3 Å². The molecule has 1 saturated heterocycles. The number of amides is 1. The van der Waals surface area contributed by atoms with Gasteiger partial charge < -0.3 is 19.3 Å². The molecule has 0 N–H and O–H groups in total. The molecular weight excluding hydrogens is 399 g/mol. The molecule has 1 aromatic heterocycles. The first-order valence-corrected chi connectivity index (χ1v) is 9.99. The molecule has 4 rings (SSSR count). The van der Waals surface area contributed by atoms with Gasteiger partial charge in [-0.2, -0.15) is 0 Å². The summed E-state index contributed by atoms with van der Waals surface area (Å²) in [5, 5.41) is 0. The monoisotopic (exact) mass is 422 g/mol. The van der Waals surface area contributed by atoms with E-state index in [-0.39, 0.29) is 17.8 Å². The maximum absolute atomic E-state index is 13.2. The zero-order valence-electron chi connectivity index (χ0n) is 17.4. The van der Waals surface area contributed by atoms with Gasteiger partial charge in [0.2, 0.25) is 5.88 Å². The number of benzene rings is 2. The molecule has 3 aromatic rings. The van der Waals surface area contributed by atoms with E-state index in [4.69, 9.17) is 9.47 Å². The number of rotatable bonds is 5. The minimum atomic E-state index is -0.356. The normalized spacial score (nSPS) is 16.2. The molecular formula is C23H23FN4O3. The number of methoxy groups -OCH3 is 1. The molecule has 1 atom stereocenters. The van der Waals surface area contributed by atoms with E-state index in [0.717, 1.165) is 11.6 Å². The van der Waals surface area contributed by atoms with Gasteiger partial charge in [0.1, 0.15) is 29.5 Å². The number of carbonyl (C=O) groups excluding carboxylic acids is 1. The van der Waals surface area contributed by atoms with Crippen molar-refractivity contribution < 1.29 is 18.7 Å². The van der Waals surface area contributed by atoms with Crippen LogP contribution in [0, 0.1) is 5.82 Å². The van der Waals surface area contributed by atoms with Crippen LogP contribution in [0.2, 0.25) is 0 Å². The van der Waals surface area contributed by atoms with Gasteiger partial charge in [-0.05, 0) is 55.5 Å². The van der Waals surface area contributed by atoms with Gasteiger partial charge in [0, 0.05) is 37.3 Å². The van der Waals surface area contributed by atoms with Crippen LogP contribution in [0.1, 0.15) is 17.3 Å². The number of piperazine rings is 1. The topological polar surface area (TPSA) is 67.8 Å². The molecule has 1 aliphatic rings. The second-order valence-corrected chi connectivity index (χ2v) is 7.29. The first-order chi connectivity index (χ1) is 15.0. The Hall–Kier alpha value is -3.68. The maximum atomic E-state index is 13.2. The van der Waals surface area contributed by atoms with E-state index in [2.05, 4.69) is 14.9 Å². The Morgan fingerprint density at radius 3 is 2.42 bits per heavy atom. The summed E-state index contributed by atoms with van der Waals surface area (Å²) in [6.45, 7) is 3.77. The molecule has 0 saturated carbocycles. The number of halogens is 1. The fraction of sp³-hybridized carbons (Fsp3) is 0.261. The van der Waals surface area contributed by atoms with Crippen molar-refractivity contribution in [1.29, 1.82) is 0 Å². The first-order valence-electron chi connectivity index (χ1n) is 9.99. The summed E-state index contributed by atoms with van der Waals surface area (Å²) in [5.74, 6) is 2.11. The van der Waals surface area contributed by atoms with Crippen molar-refractivity contribution in [2.45, 2.75) is 13.0 Å². The molecule has 0 radical (unpaired) electrons. The number of hydrogen-bond acceptors (Lipinski definition) is 6. The minimum Gasteiger partial charge on any atom is -0.497 e. The SMILES string of the molecule is COc1ccc(Oc2cc(N3CCN(C(=O)c4ccc(F)cc4)[C@@H](C)C3)ncn2)cc1. The summed E-state index contributed by atoms with van der Waals surface area (Å²) in [6, 6.07) is 14.6. The van der Waals surface area contributed by atoms with Gasteiger partial charge in [-0.3, -0.25) is 4.79 Å². The van der Waals surface area contributed by atoms with Crippen LogP contribution in [0.25, 0.3) is 0 Å². The lowest BCUT2D eigenvalue weighted by atomic mass is 10.1. The van der Waals surface area contributed by atoms with E-state index in [1.165, 1.54) is 30.6 Å². The second-order valence-electron chi connectivity index (χ2n) is 7.29. The number of anilines is 1. The standard InChI is InChI=1S/C23H23FN4O3/c1-16-14-27(11-12-28(16)23(29)17-3-5-18(24)6-4-17)21-13-22(26-15-25-21)31-20-9-7-19(30-2)8-10-20/h3-10,13,15-16H,11-12,14H2,1-2H3/t16-/m0/s1. The lowest BCUT2D eigenvalue weighted by Crippen LogP contribution is -2.54. The molecule has 0 aliphatic carbocycles. The van der Waals surface area contributed by atoms with Crippen molar-refractivity contribution in [3.8, 4) is 17.4 Å². The summed E-state index contributed by atoms with van der Waals surface area (Å²) < 4.78 is 24.1. The number of aromatic nitrogens is 2. The van der Waals surface area contributed by atoms with Crippen molar-refractivity contribution in [1.82, 2.24) is 14.9 Å². The van der Waals surface area contributed by atoms with Gasteiger partial charge >= 0.3 is 0 Å². The Labute approximate surface area is 180 Å². The number of carbonyl (C=O) groups is 1. The third kappa shape index (κ3) is 4.74. The third-order valence-corrected chi connectivity index (χ3v) is 5.21. The van der Waals surface area contributed by atoms with Crippen molar-refractivity contribution >= 4 is 11.7 Å². The molecule has 1 amide bonds. The quantitative estimate of drug-likeness (QED) is 0.624. The van der Waals surface area contributed by atoms with E-state index in [1.54, 1.807) is 18.1 Å². The van der Waals surface area contributed by atoms with E-state index in [1.807, 2.05) is 31.2 Å². The Kier molecular flexibility index (Phi) is 5.97. The highest BCUT2D eigenvalue weighted by Gasteiger charge is 2.29. The van der Waals surface area contributed by atoms with Gasteiger partial charge in [0.25, 0.3) is 5.91 Å². The van der Waals surface area contributed by atoms with E-state index >= 15 is 0 Å². The second kappa shape index (κ2) is 8.99. The summed E-state index contributed by atoms with van der Waals surface area (Å²) >= 11 is 0. The molecule has 1 fully saturated rings. The molecule has 1 aliphatic heterocycles. The lowest BCUT2D eigenvalue weighted by molar-refractivity contribution is 0.0673. The third-order valence-electron chi connectivity index (χ3n) is 5.21. The zero-order valence-corrected chi connectivity index (χ0v) is 17.4. The average molecular weight is 422 g/mol. The average Bonchev–Trinajstić information content (AvgIpc) is 2.80. The van der Waals surface area contributed by atoms with Crippen molar-refractivity contribution in [3.63, 3.8) is 0 Å². The highest BCUT2D eigenvalue weighted by molar-refractivity contribution is 5.94. The summed E-state index contributed by atoms with van der Waals surface area (Å²) in [6.07, 6.45) is 1.47. The predicted molar refractivity (Wildman–Crippen MR) is 114 cm³/mol. The molecule has 0 bridgehead atoms. The minimum absolute atomic E-state index is 0.0350. The lowest BCUT2D eigenvalue weighted by Gasteiger charge is -2.40. The van der Waals surface area contributed by atoms with E-state index < -0.39 is 0 Å². The molecule has 2 aromatic carbocycles. The summed E-state index contributed by atoms with van der Waals surface area (Å²) in [5.41, 5.74) is 0.485. The van der Waals surface area contributed by atoms with Crippen LogP contribution in [0.4, 0.5) is 10.2 Å². The Balaban J connectivity index is 1.42. The summed E-state index contributed by atoms with van der Waals surface area (Å²) in [4.78, 5) is 25.3. The number of nitrogens with zero attached hydrogens (tertiary/aromatic N) is 4. The van der Waals surface area contributed by atoms with Crippen LogP contribution in [-0.4, -0.2) is 53.6 Å². The highest BCUT2D eigenvalue weighted by atomic mass is 19.1. The largest absolute Gasteiger partial charge is 0.497 e. The van der Waals surface area contributed by atoms with E-state index in [0.29, 0.717) is 36.8 Å². The predicted octanol–water partition coefficient (Wildman–Crippen LogP) is 3.77. The van der Waals surface area contributed by atoms with Gasteiger partial charge in [-0.1, -0.05) is 0 Å². The molecule has 0 spiro atoms. The van der Waals surface area contributed by atoms with Gasteiger partial charge in [0.05, 0.1) is 7.11 Å². The van der Waals surface area contributed by atoms with Crippen LogP contribution >= 0.6 is 0 Å². The van der Waals surface area contributed by atoms with Crippen molar-refractivity contribution in [2.75, 3.05) is 31.6 Å². The Bertz CT molecular complexity index is 1040. The molecule has 160 valence electrons. The fourth-order valence-electron chi connectivity index (χ4n) is 3.55. The molecule has 31 heavy (non-hydrogen) atoms. The van der Waals surface area contributed by atoms with Gasteiger partial charge in [-0.15, -0.1) is 0 Å². The molecule has 2 heterocycles. The van der Waals surface area contributed by atoms with Gasteiger partial charge in [-0.25, -0.2) is 14.4 Å². The summed E-state index contributed by atoms with van der Waals surface area (Å²) in [7, 11) is 1.61.